The highest BCUT2D eigenvalue weighted by Gasteiger charge is 2.68. The van der Waals surface area contributed by atoms with Crippen molar-refractivity contribution < 1.29 is 33.8 Å². The van der Waals surface area contributed by atoms with Gasteiger partial charge in [0.2, 0.25) is 10.9 Å². The molecule has 0 unspecified atom stereocenters. The molecule has 2 aromatic carbocycles. The molecule has 5 aromatic rings. The van der Waals surface area contributed by atoms with Gasteiger partial charge in [0.05, 0.1) is 36.8 Å². The van der Waals surface area contributed by atoms with Crippen LogP contribution >= 0.6 is 11.8 Å². The fraction of sp³-hybridized carbons (Fsp3) is 0.257. The Morgan fingerprint density at radius 2 is 1.77 bits per heavy atom. The predicted molar refractivity (Wildman–Crippen MR) is 179 cm³/mol. The number of aromatic amines is 3. The summed E-state index contributed by atoms with van der Waals surface area (Å²) in [6.07, 6.45) is 4.44. The van der Waals surface area contributed by atoms with E-state index in [4.69, 9.17) is 9.47 Å². The third kappa shape index (κ3) is 3.67. The van der Waals surface area contributed by atoms with Crippen molar-refractivity contribution in [3.8, 4) is 17.2 Å². The number of aromatic nitrogens is 3. The molecule has 0 bridgehead atoms. The van der Waals surface area contributed by atoms with Gasteiger partial charge >= 0.3 is 0 Å². The van der Waals surface area contributed by atoms with Gasteiger partial charge in [-0.05, 0) is 66.5 Å². The van der Waals surface area contributed by atoms with Crippen molar-refractivity contribution in [1.29, 1.82) is 0 Å². The Bertz CT molecular complexity index is 2350. The molecule has 2 amide bonds. The van der Waals surface area contributed by atoms with E-state index in [0.29, 0.717) is 58.1 Å². The van der Waals surface area contributed by atoms with Crippen LogP contribution in [0.1, 0.15) is 59.5 Å². The number of hydrogen-bond donors (Lipinski definition) is 4. The van der Waals surface area contributed by atoms with Crippen LogP contribution in [0.3, 0.4) is 0 Å². The lowest BCUT2D eigenvalue weighted by Crippen LogP contribution is -2.33. The number of nitrogens with zero attached hydrogens (tertiary/aromatic N) is 2. The van der Waals surface area contributed by atoms with Crippen LogP contribution < -0.4 is 14.4 Å². The molecule has 48 heavy (non-hydrogen) atoms. The topological polar surface area (TPSA) is 161 Å². The number of fused-ring (bicyclic) bond motifs is 5. The Hall–Kier alpha value is -5.43. The molecule has 2 aliphatic carbocycles. The van der Waals surface area contributed by atoms with E-state index in [2.05, 4.69) is 15.0 Å². The SMILES string of the molecule is COc1ccc2cc(C(=O)N3C[C@@H]4C[C@]45C3=CC(=O)c3[nH]c(C(=O)N4CCc6c4c(O)c(OC)c4[nH]c(C(=O)SC)cc64)cc35)[nH]c2c1. The van der Waals surface area contributed by atoms with Crippen LogP contribution in [0.2, 0.25) is 0 Å². The number of H-pyrrole nitrogens is 3. The monoisotopic (exact) mass is 663 g/mol. The first-order valence-electron chi connectivity index (χ1n) is 15.5. The van der Waals surface area contributed by atoms with E-state index < -0.39 is 11.3 Å². The zero-order valence-corrected chi connectivity index (χ0v) is 27.0. The molecule has 242 valence electrons. The van der Waals surface area contributed by atoms with Crippen LogP contribution in [0, 0.1) is 5.92 Å². The fourth-order valence-electron chi connectivity index (χ4n) is 8.11. The summed E-state index contributed by atoms with van der Waals surface area (Å²) in [5.74, 6) is -0.194. The number of likely N-dealkylation sites (tertiary alicyclic amines) is 1. The average Bonchev–Trinajstić information content (AvgIpc) is 3.73. The molecule has 0 radical (unpaired) electrons. The zero-order chi connectivity index (χ0) is 33.2. The van der Waals surface area contributed by atoms with Gasteiger partial charge in [-0.3, -0.25) is 19.2 Å². The molecule has 1 spiro atoms. The van der Waals surface area contributed by atoms with E-state index in [9.17, 15) is 24.3 Å². The minimum Gasteiger partial charge on any atom is -0.503 e. The number of rotatable bonds is 5. The van der Waals surface area contributed by atoms with Gasteiger partial charge in [0.15, 0.2) is 11.5 Å². The maximum atomic E-state index is 14.2. The first-order valence-corrected chi connectivity index (χ1v) is 16.7. The largest absolute Gasteiger partial charge is 0.503 e. The van der Waals surface area contributed by atoms with Gasteiger partial charge in [-0.1, -0.05) is 11.8 Å². The number of phenolic OH excluding ortho intramolecular Hbond substituents is 1. The third-order valence-electron chi connectivity index (χ3n) is 10.4. The number of amides is 2. The Kier molecular flexibility index (Phi) is 5.87. The number of carbonyl (C=O) groups is 4. The van der Waals surface area contributed by atoms with Crippen LogP contribution in [0.25, 0.3) is 21.8 Å². The van der Waals surface area contributed by atoms with Crippen LogP contribution in [-0.4, -0.2) is 81.2 Å². The molecule has 4 N–H and O–H groups in total. The number of methoxy groups -OCH3 is 2. The normalized spacial score (nSPS) is 20.4. The number of piperidine rings is 1. The summed E-state index contributed by atoms with van der Waals surface area (Å²) in [4.78, 5) is 66.5. The lowest BCUT2D eigenvalue weighted by Gasteiger charge is -2.27. The van der Waals surface area contributed by atoms with Gasteiger partial charge in [0.25, 0.3) is 11.8 Å². The summed E-state index contributed by atoms with van der Waals surface area (Å²) >= 11 is 1.07. The minimum atomic E-state index is -0.533. The number of ketones is 1. The summed E-state index contributed by atoms with van der Waals surface area (Å²) in [5.41, 5.74) is 4.52. The van der Waals surface area contributed by atoms with Gasteiger partial charge in [-0.25, -0.2) is 0 Å². The second-order valence-corrected chi connectivity index (χ2v) is 13.4. The number of ether oxygens (including phenoxy) is 2. The summed E-state index contributed by atoms with van der Waals surface area (Å²) < 4.78 is 10.9. The Morgan fingerprint density at radius 1 is 0.979 bits per heavy atom. The molecule has 4 aliphatic rings. The molecule has 13 heteroatoms. The molecule has 5 heterocycles. The number of allylic oxidation sites excluding steroid dienone is 2. The average molecular weight is 664 g/mol. The smallest absolute Gasteiger partial charge is 0.274 e. The number of phenols is 1. The second-order valence-electron chi connectivity index (χ2n) is 12.7. The lowest BCUT2D eigenvalue weighted by atomic mass is 9.85. The van der Waals surface area contributed by atoms with Crippen molar-refractivity contribution >= 4 is 62.0 Å². The molecule has 1 saturated carbocycles. The van der Waals surface area contributed by atoms with Gasteiger partial charge < -0.3 is 39.3 Å². The first kappa shape index (κ1) is 28.8. The predicted octanol–water partition coefficient (Wildman–Crippen LogP) is 4.90. The van der Waals surface area contributed by atoms with Crippen LogP contribution in [0.15, 0.2) is 48.2 Å². The minimum absolute atomic E-state index is 0.114. The lowest BCUT2D eigenvalue weighted by molar-refractivity contribution is 0.0806. The van der Waals surface area contributed by atoms with E-state index in [-0.39, 0.29) is 46.5 Å². The third-order valence-corrected chi connectivity index (χ3v) is 11.0. The van der Waals surface area contributed by atoms with Crippen LogP contribution in [0.4, 0.5) is 5.69 Å². The van der Waals surface area contributed by atoms with Gasteiger partial charge in [0.1, 0.15) is 17.1 Å². The second kappa shape index (κ2) is 9.80. The molecule has 3 aromatic heterocycles. The number of nitrogens with one attached hydrogen (secondary N) is 3. The number of aromatic hydroxyl groups is 1. The van der Waals surface area contributed by atoms with Gasteiger partial charge in [-0.2, -0.15) is 0 Å². The molecule has 12 nitrogen and oxygen atoms in total. The molecule has 9 rings (SSSR count). The maximum absolute atomic E-state index is 14.2. The van der Waals surface area contributed by atoms with E-state index in [1.165, 1.54) is 18.1 Å². The molecular formula is C35H29N5O7S. The van der Waals surface area contributed by atoms with Gasteiger partial charge in [0, 0.05) is 52.6 Å². The molecular weight excluding hydrogens is 634 g/mol. The first-order chi connectivity index (χ1) is 23.2. The Balaban J connectivity index is 1.05. The van der Waals surface area contributed by atoms with Crippen molar-refractivity contribution in [2.75, 3.05) is 38.5 Å². The number of thioether (sulfide) groups is 1. The maximum Gasteiger partial charge on any atom is 0.274 e. The fourth-order valence-corrected chi connectivity index (χ4v) is 8.44. The summed E-state index contributed by atoms with van der Waals surface area (Å²) in [7, 11) is 3.01. The number of carbonyl (C=O) groups excluding carboxylic acids is 4. The van der Waals surface area contributed by atoms with E-state index >= 15 is 0 Å². The number of benzene rings is 2. The summed E-state index contributed by atoms with van der Waals surface area (Å²) in [6, 6.07) is 10.8. The molecule has 2 fully saturated rings. The van der Waals surface area contributed by atoms with Crippen molar-refractivity contribution in [3.63, 3.8) is 0 Å². The molecule has 2 aliphatic heterocycles. The molecule has 2 atom stereocenters. The van der Waals surface area contributed by atoms with E-state index in [1.54, 1.807) is 36.5 Å². The Labute approximate surface area is 277 Å². The van der Waals surface area contributed by atoms with E-state index in [0.717, 1.165) is 40.2 Å². The number of hydrogen-bond acceptors (Lipinski definition) is 8. The quantitative estimate of drug-likeness (QED) is 0.207. The summed E-state index contributed by atoms with van der Waals surface area (Å²) in [6.45, 7) is 0.750. The highest BCUT2D eigenvalue weighted by molar-refractivity contribution is 8.13. The highest BCUT2D eigenvalue weighted by Crippen LogP contribution is 2.67. The van der Waals surface area contributed by atoms with E-state index in [1.807, 2.05) is 18.2 Å². The zero-order valence-electron chi connectivity index (χ0n) is 26.1. The number of anilines is 1. The van der Waals surface area contributed by atoms with Crippen molar-refractivity contribution in [2.45, 2.75) is 18.3 Å². The molecule has 1 saturated heterocycles. The summed E-state index contributed by atoms with van der Waals surface area (Å²) in [5, 5.41) is 12.8. The Morgan fingerprint density at radius 3 is 2.54 bits per heavy atom. The van der Waals surface area contributed by atoms with Crippen molar-refractivity contribution in [2.24, 2.45) is 5.92 Å². The van der Waals surface area contributed by atoms with Gasteiger partial charge in [-0.15, -0.1) is 0 Å². The van der Waals surface area contributed by atoms with Crippen LogP contribution in [-0.2, 0) is 11.8 Å². The standard InChI is InChI=1S/C35H29N5O7S/c1-46-17-5-4-15-8-22(36-21(15)9-17)33(44)40-14-16-13-35(16)20-11-23(37-28(20)25(41)12-26(35)40)32(43)39-7-6-18-19-10-24(34(45)48-3)38-27(19)31(47-2)30(42)29(18)39/h4-5,8-12,16,36-38,42H,6-7,13-14H2,1-3H3/t16-,35-/m0/s1. The van der Waals surface area contributed by atoms with Crippen LogP contribution in [0.5, 0.6) is 17.2 Å². The highest BCUT2D eigenvalue weighted by atomic mass is 32.2. The van der Waals surface area contributed by atoms with Crippen molar-refractivity contribution in [3.05, 3.63) is 82.1 Å². The van der Waals surface area contributed by atoms with Crippen molar-refractivity contribution in [1.82, 2.24) is 19.9 Å².